The lowest BCUT2D eigenvalue weighted by Gasteiger charge is -2.09. The highest BCUT2D eigenvalue weighted by molar-refractivity contribution is 6.39. The van der Waals surface area contributed by atoms with E-state index in [0.29, 0.717) is 5.56 Å². The molecule has 22 heavy (non-hydrogen) atoms. The predicted octanol–water partition coefficient (Wildman–Crippen LogP) is 1.57. The van der Waals surface area contributed by atoms with E-state index >= 15 is 0 Å². The van der Waals surface area contributed by atoms with Crippen LogP contribution in [0.3, 0.4) is 0 Å². The number of amides is 2. The summed E-state index contributed by atoms with van der Waals surface area (Å²) in [6.07, 6.45) is 0. The zero-order valence-electron chi connectivity index (χ0n) is 11.7. The maximum Gasteiger partial charge on any atom is 0.313 e. The molecule has 0 aromatic heterocycles. The number of carbonyl (C=O) groups is 2. The Labute approximate surface area is 126 Å². The molecule has 0 aliphatic heterocycles. The number of nitrogens with one attached hydrogen (secondary N) is 2. The van der Waals surface area contributed by atoms with Gasteiger partial charge >= 0.3 is 11.8 Å². The van der Waals surface area contributed by atoms with Crippen LogP contribution in [0.25, 0.3) is 0 Å². The average molecular weight is 302 g/mol. The van der Waals surface area contributed by atoms with Gasteiger partial charge in [0.1, 0.15) is 5.82 Å². The molecule has 2 amide bonds. The smallest absolute Gasteiger partial charge is 0.313 e. The van der Waals surface area contributed by atoms with Gasteiger partial charge in [-0.25, -0.2) is 4.39 Å². The Balaban J connectivity index is 1.93. The van der Waals surface area contributed by atoms with Crippen LogP contribution in [0.2, 0.25) is 0 Å². The summed E-state index contributed by atoms with van der Waals surface area (Å²) in [6.45, 7) is -0.0341. The third-order valence-corrected chi connectivity index (χ3v) is 3.02. The normalized spacial score (nSPS) is 10.1. The number of halogens is 1. The first kappa shape index (κ1) is 15.7. The van der Waals surface area contributed by atoms with Crippen molar-refractivity contribution in [2.75, 3.05) is 5.32 Å². The highest BCUT2D eigenvalue weighted by Crippen LogP contribution is 2.10. The molecular weight excluding hydrogens is 287 g/mol. The molecule has 0 fully saturated rings. The van der Waals surface area contributed by atoms with Crippen LogP contribution in [0.5, 0.6) is 0 Å². The van der Waals surface area contributed by atoms with Crippen LogP contribution in [-0.4, -0.2) is 16.9 Å². The summed E-state index contributed by atoms with van der Waals surface area (Å²) in [6, 6.07) is 12.3. The molecule has 0 saturated heterocycles. The molecule has 5 nitrogen and oxygen atoms in total. The van der Waals surface area contributed by atoms with Gasteiger partial charge in [-0.05, 0) is 29.3 Å². The number of anilines is 1. The Hall–Kier alpha value is -2.73. The zero-order valence-corrected chi connectivity index (χ0v) is 11.7. The third kappa shape index (κ3) is 4.13. The monoisotopic (exact) mass is 302 g/mol. The Kier molecular flexibility index (Phi) is 5.21. The molecule has 0 bridgehead atoms. The van der Waals surface area contributed by atoms with E-state index in [-0.39, 0.29) is 18.8 Å². The lowest BCUT2D eigenvalue weighted by molar-refractivity contribution is -0.136. The molecule has 0 heterocycles. The fourth-order valence-corrected chi connectivity index (χ4v) is 1.89. The molecule has 0 atom stereocenters. The number of hydrogen-bond donors (Lipinski definition) is 3. The molecule has 0 radical (unpaired) electrons. The molecule has 0 unspecified atom stereocenters. The van der Waals surface area contributed by atoms with Crippen molar-refractivity contribution in [3.05, 3.63) is 65.5 Å². The minimum atomic E-state index is -0.882. The van der Waals surface area contributed by atoms with E-state index in [9.17, 15) is 19.1 Å². The lowest BCUT2D eigenvalue weighted by Crippen LogP contribution is -2.35. The third-order valence-electron chi connectivity index (χ3n) is 3.02. The van der Waals surface area contributed by atoms with Crippen LogP contribution >= 0.6 is 0 Å². The van der Waals surface area contributed by atoms with Crippen LogP contribution in [0, 0.1) is 5.82 Å². The standard InChI is InChI=1S/C16H15FN2O3/c17-13-6-3-7-14(8-13)19-16(22)15(21)18-9-11-4-1-2-5-12(11)10-20/h1-8,20H,9-10H2,(H,18,21)(H,19,22). The van der Waals surface area contributed by atoms with Gasteiger partial charge in [-0.3, -0.25) is 9.59 Å². The van der Waals surface area contributed by atoms with Crippen LogP contribution in [0.15, 0.2) is 48.5 Å². The van der Waals surface area contributed by atoms with E-state index in [1.165, 1.54) is 18.2 Å². The second-order valence-electron chi connectivity index (χ2n) is 4.57. The van der Waals surface area contributed by atoms with Crippen LogP contribution in [0.4, 0.5) is 10.1 Å². The van der Waals surface area contributed by atoms with Gasteiger partial charge in [-0.1, -0.05) is 30.3 Å². The van der Waals surface area contributed by atoms with Crippen LogP contribution < -0.4 is 10.6 Å². The summed E-state index contributed by atoms with van der Waals surface area (Å²) < 4.78 is 13.0. The maximum atomic E-state index is 13.0. The van der Waals surface area contributed by atoms with Gasteiger partial charge in [0.25, 0.3) is 0 Å². The molecule has 2 aromatic rings. The number of aliphatic hydroxyl groups is 1. The van der Waals surface area contributed by atoms with Gasteiger partial charge in [0, 0.05) is 12.2 Å². The topological polar surface area (TPSA) is 78.4 Å². The molecule has 0 spiro atoms. The molecule has 3 N–H and O–H groups in total. The van der Waals surface area contributed by atoms with E-state index in [4.69, 9.17) is 0 Å². The van der Waals surface area contributed by atoms with E-state index in [0.717, 1.165) is 11.6 Å². The summed E-state index contributed by atoms with van der Waals surface area (Å²) in [5.74, 6) is -2.22. The summed E-state index contributed by atoms with van der Waals surface area (Å²) in [5, 5.41) is 13.9. The first-order valence-electron chi connectivity index (χ1n) is 6.62. The van der Waals surface area contributed by atoms with Gasteiger partial charge in [0.05, 0.1) is 6.61 Å². The van der Waals surface area contributed by atoms with Crippen LogP contribution in [0.1, 0.15) is 11.1 Å². The molecular formula is C16H15FN2O3. The predicted molar refractivity (Wildman–Crippen MR) is 79.2 cm³/mol. The van der Waals surface area contributed by atoms with E-state index in [2.05, 4.69) is 10.6 Å². The van der Waals surface area contributed by atoms with Gasteiger partial charge in [0.2, 0.25) is 0 Å². The molecule has 0 aliphatic carbocycles. The van der Waals surface area contributed by atoms with Crippen LogP contribution in [-0.2, 0) is 22.7 Å². The first-order valence-corrected chi connectivity index (χ1v) is 6.62. The number of rotatable bonds is 4. The summed E-state index contributed by atoms with van der Waals surface area (Å²) in [5.41, 5.74) is 1.60. The molecule has 6 heteroatoms. The largest absolute Gasteiger partial charge is 0.392 e. The van der Waals surface area contributed by atoms with Crippen molar-refractivity contribution < 1.29 is 19.1 Å². The number of hydrogen-bond acceptors (Lipinski definition) is 3. The fourth-order valence-electron chi connectivity index (χ4n) is 1.89. The summed E-state index contributed by atoms with van der Waals surface area (Å²) in [4.78, 5) is 23.4. The van der Waals surface area contributed by atoms with E-state index < -0.39 is 17.6 Å². The molecule has 0 aliphatic rings. The highest BCUT2D eigenvalue weighted by atomic mass is 19.1. The quantitative estimate of drug-likeness (QED) is 0.750. The Morgan fingerprint density at radius 1 is 1.00 bits per heavy atom. The minimum Gasteiger partial charge on any atom is -0.392 e. The van der Waals surface area contributed by atoms with Crippen molar-refractivity contribution in [3.8, 4) is 0 Å². The molecule has 114 valence electrons. The average Bonchev–Trinajstić information content (AvgIpc) is 2.52. The molecule has 2 aromatic carbocycles. The second kappa shape index (κ2) is 7.33. The lowest BCUT2D eigenvalue weighted by atomic mass is 10.1. The van der Waals surface area contributed by atoms with Gasteiger partial charge < -0.3 is 15.7 Å². The van der Waals surface area contributed by atoms with Crippen molar-refractivity contribution in [1.82, 2.24) is 5.32 Å². The van der Waals surface area contributed by atoms with E-state index in [1.807, 2.05) is 0 Å². The second-order valence-corrected chi connectivity index (χ2v) is 4.57. The minimum absolute atomic E-state index is 0.117. The maximum absolute atomic E-state index is 13.0. The fraction of sp³-hybridized carbons (Fsp3) is 0.125. The summed E-state index contributed by atoms with van der Waals surface area (Å²) in [7, 11) is 0. The highest BCUT2D eigenvalue weighted by Gasteiger charge is 2.14. The summed E-state index contributed by atoms with van der Waals surface area (Å²) >= 11 is 0. The number of benzene rings is 2. The van der Waals surface area contributed by atoms with Crippen molar-refractivity contribution in [2.45, 2.75) is 13.2 Å². The van der Waals surface area contributed by atoms with E-state index in [1.54, 1.807) is 24.3 Å². The number of carbonyl (C=O) groups excluding carboxylic acids is 2. The number of aliphatic hydroxyl groups excluding tert-OH is 1. The van der Waals surface area contributed by atoms with Gasteiger partial charge in [-0.15, -0.1) is 0 Å². The Bertz CT molecular complexity index is 689. The molecule has 2 rings (SSSR count). The Morgan fingerprint density at radius 2 is 1.73 bits per heavy atom. The van der Waals surface area contributed by atoms with Gasteiger partial charge in [0.15, 0.2) is 0 Å². The zero-order chi connectivity index (χ0) is 15.9. The SMILES string of the molecule is O=C(NCc1ccccc1CO)C(=O)Nc1cccc(F)c1. The molecule has 0 saturated carbocycles. The van der Waals surface area contributed by atoms with Crippen molar-refractivity contribution in [3.63, 3.8) is 0 Å². The first-order chi connectivity index (χ1) is 10.6. The Morgan fingerprint density at radius 3 is 2.41 bits per heavy atom. The van der Waals surface area contributed by atoms with Crippen molar-refractivity contribution in [1.29, 1.82) is 0 Å². The van der Waals surface area contributed by atoms with Gasteiger partial charge in [-0.2, -0.15) is 0 Å². The van der Waals surface area contributed by atoms with Crippen molar-refractivity contribution in [2.24, 2.45) is 0 Å². The van der Waals surface area contributed by atoms with Crippen molar-refractivity contribution >= 4 is 17.5 Å².